The van der Waals surface area contributed by atoms with Gasteiger partial charge in [0.1, 0.15) is 5.75 Å². The quantitative estimate of drug-likeness (QED) is 0.752. The van der Waals surface area contributed by atoms with E-state index in [9.17, 15) is 9.90 Å². The summed E-state index contributed by atoms with van der Waals surface area (Å²) in [5.74, 6) is 0.237. The van der Waals surface area contributed by atoms with Crippen molar-refractivity contribution in [3.8, 4) is 5.75 Å². The maximum atomic E-state index is 11.6. The van der Waals surface area contributed by atoms with Crippen molar-refractivity contribution in [3.05, 3.63) is 35.9 Å². The predicted octanol–water partition coefficient (Wildman–Crippen LogP) is 3.02. The predicted molar refractivity (Wildman–Crippen MR) is 61.6 cm³/mol. The molecule has 0 fully saturated rings. The van der Waals surface area contributed by atoms with Crippen molar-refractivity contribution in [2.75, 3.05) is 0 Å². The van der Waals surface area contributed by atoms with Gasteiger partial charge in [0, 0.05) is 11.0 Å². The topological polar surface area (TPSA) is 37.3 Å². The molecule has 0 aromatic heterocycles. The van der Waals surface area contributed by atoms with Crippen LogP contribution in [-0.4, -0.2) is 10.9 Å². The molecule has 1 aromatic carbocycles. The van der Waals surface area contributed by atoms with Crippen LogP contribution in [0.3, 0.4) is 0 Å². The van der Waals surface area contributed by atoms with Crippen LogP contribution in [0, 0.1) is 5.41 Å². The average molecular weight is 204 g/mol. The smallest absolute Gasteiger partial charge is 0.161 e. The molecule has 0 bridgehead atoms. The van der Waals surface area contributed by atoms with E-state index in [1.165, 1.54) is 6.08 Å². The molecule has 0 unspecified atom stereocenters. The second-order valence-corrected chi connectivity index (χ2v) is 4.51. The average Bonchev–Trinajstić information content (AvgIpc) is 2.14. The summed E-state index contributed by atoms with van der Waals surface area (Å²) in [7, 11) is 0. The second kappa shape index (κ2) is 4.30. The van der Waals surface area contributed by atoms with Crippen molar-refractivity contribution in [1.82, 2.24) is 0 Å². The molecule has 15 heavy (non-hydrogen) atoms. The number of allylic oxidation sites excluding steroid dienone is 1. The van der Waals surface area contributed by atoms with E-state index in [1.807, 2.05) is 26.8 Å². The van der Waals surface area contributed by atoms with E-state index < -0.39 is 0 Å². The van der Waals surface area contributed by atoms with Gasteiger partial charge in [-0.3, -0.25) is 4.79 Å². The number of aromatic hydroxyl groups is 1. The molecule has 0 spiro atoms. The van der Waals surface area contributed by atoms with Gasteiger partial charge in [-0.1, -0.05) is 39.0 Å². The van der Waals surface area contributed by atoms with E-state index in [4.69, 9.17) is 0 Å². The number of carbonyl (C=O) groups excluding carboxylic acids is 1. The lowest BCUT2D eigenvalue weighted by Gasteiger charge is -2.12. The maximum Gasteiger partial charge on any atom is 0.161 e. The summed E-state index contributed by atoms with van der Waals surface area (Å²) >= 11 is 0. The highest BCUT2D eigenvalue weighted by molar-refractivity contribution is 5.97. The zero-order valence-electron chi connectivity index (χ0n) is 9.32. The lowest BCUT2D eigenvalue weighted by molar-refractivity contribution is -0.121. The molecular formula is C13H16O2. The number of phenolic OH excluding ortho intramolecular Hbond substituents is 1. The first-order valence-electron chi connectivity index (χ1n) is 4.92. The molecule has 0 amide bonds. The van der Waals surface area contributed by atoms with Gasteiger partial charge < -0.3 is 5.11 Å². The first kappa shape index (κ1) is 11.5. The van der Waals surface area contributed by atoms with Crippen molar-refractivity contribution in [2.45, 2.75) is 20.8 Å². The third-order valence-electron chi connectivity index (χ3n) is 2.09. The Morgan fingerprint density at radius 2 is 1.87 bits per heavy atom. The fraction of sp³-hybridized carbons (Fsp3) is 0.308. The summed E-state index contributed by atoms with van der Waals surface area (Å²) in [5, 5.41) is 9.46. The first-order chi connectivity index (χ1) is 6.91. The highest BCUT2D eigenvalue weighted by Crippen LogP contribution is 2.19. The number of phenols is 1. The van der Waals surface area contributed by atoms with Crippen molar-refractivity contribution >= 4 is 11.9 Å². The molecule has 1 aromatic rings. The Bertz CT molecular complexity index is 384. The molecule has 2 nitrogen and oxygen atoms in total. The molecule has 2 heteroatoms. The van der Waals surface area contributed by atoms with Gasteiger partial charge in [-0.05, 0) is 18.2 Å². The number of carbonyl (C=O) groups is 1. The highest BCUT2D eigenvalue weighted by atomic mass is 16.3. The molecule has 0 saturated carbocycles. The lowest BCUT2D eigenvalue weighted by Crippen LogP contribution is -2.17. The molecule has 0 heterocycles. The van der Waals surface area contributed by atoms with Gasteiger partial charge in [0.15, 0.2) is 5.78 Å². The zero-order chi connectivity index (χ0) is 11.5. The number of hydrogen-bond donors (Lipinski definition) is 1. The fourth-order valence-corrected chi connectivity index (χ4v) is 1.04. The van der Waals surface area contributed by atoms with Crippen LogP contribution in [0.5, 0.6) is 5.75 Å². The van der Waals surface area contributed by atoms with Gasteiger partial charge in [-0.2, -0.15) is 0 Å². The van der Waals surface area contributed by atoms with Crippen LogP contribution in [0.4, 0.5) is 0 Å². The summed E-state index contributed by atoms with van der Waals surface area (Å²) in [6.45, 7) is 5.60. The standard InChI is InChI=1S/C13H16O2/c1-13(2,3)12(15)9-8-10-6-4-5-7-11(10)14/h4-9,14H,1-3H3/b9-8-. The summed E-state index contributed by atoms with van der Waals surface area (Å²) in [6.07, 6.45) is 3.15. The van der Waals surface area contributed by atoms with Crippen LogP contribution < -0.4 is 0 Å². The molecule has 80 valence electrons. The van der Waals surface area contributed by atoms with Crippen LogP contribution in [0.15, 0.2) is 30.3 Å². The third-order valence-corrected chi connectivity index (χ3v) is 2.09. The monoisotopic (exact) mass is 204 g/mol. The number of para-hydroxylation sites is 1. The van der Waals surface area contributed by atoms with Gasteiger partial charge in [0.05, 0.1) is 0 Å². The number of rotatable bonds is 2. The van der Waals surface area contributed by atoms with Gasteiger partial charge in [-0.25, -0.2) is 0 Å². The molecule has 1 rings (SSSR count). The Kier molecular flexibility index (Phi) is 3.30. The van der Waals surface area contributed by atoms with Crippen LogP contribution in [0.1, 0.15) is 26.3 Å². The SMILES string of the molecule is CC(C)(C)C(=O)/C=C\c1ccccc1O. The lowest BCUT2D eigenvalue weighted by atomic mass is 9.90. The van der Waals surface area contributed by atoms with Crippen molar-refractivity contribution in [3.63, 3.8) is 0 Å². The Morgan fingerprint density at radius 1 is 1.27 bits per heavy atom. The van der Waals surface area contributed by atoms with E-state index in [0.717, 1.165) is 0 Å². The Morgan fingerprint density at radius 3 is 2.40 bits per heavy atom. The maximum absolute atomic E-state index is 11.6. The summed E-state index contributed by atoms with van der Waals surface area (Å²) < 4.78 is 0. The van der Waals surface area contributed by atoms with Crippen molar-refractivity contribution in [1.29, 1.82) is 0 Å². The first-order valence-corrected chi connectivity index (χ1v) is 4.92. The van der Waals surface area contributed by atoms with Gasteiger partial charge in [0.2, 0.25) is 0 Å². The molecule has 0 saturated heterocycles. The Labute approximate surface area is 90.3 Å². The van der Waals surface area contributed by atoms with E-state index in [0.29, 0.717) is 5.56 Å². The highest BCUT2D eigenvalue weighted by Gasteiger charge is 2.17. The number of ketones is 1. The Balaban J connectivity index is 2.84. The van der Waals surface area contributed by atoms with Crippen molar-refractivity contribution in [2.24, 2.45) is 5.41 Å². The van der Waals surface area contributed by atoms with Gasteiger partial charge in [-0.15, -0.1) is 0 Å². The molecule has 0 aliphatic carbocycles. The molecule has 0 aliphatic heterocycles. The van der Waals surface area contributed by atoms with Crippen LogP contribution in [0.2, 0.25) is 0 Å². The number of hydrogen-bond acceptors (Lipinski definition) is 2. The minimum Gasteiger partial charge on any atom is -0.507 e. The van der Waals surface area contributed by atoms with Crippen LogP contribution in [-0.2, 0) is 4.79 Å². The fourth-order valence-electron chi connectivity index (χ4n) is 1.04. The van der Waals surface area contributed by atoms with Crippen LogP contribution in [0.25, 0.3) is 6.08 Å². The molecule has 0 aliphatic rings. The summed E-state index contributed by atoms with van der Waals surface area (Å²) in [4.78, 5) is 11.6. The normalized spacial score (nSPS) is 11.9. The van der Waals surface area contributed by atoms with Crippen LogP contribution >= 0.6 is 0 Å². The second-order valence-electron chi connectivity index (χ2n) is 4.51. The minimum absolute atomic E-state index is 0.0470. The Hall–Kier alpha value is -1.57. The number of benzene rings is 1. The van der Waals surface area contributed by atoms with E-state index in [-0.39, 0.29) is 16.9 Å². The molecule has 1 N–H and O–H groups in total. The largest absolute Gasteiger partial charge is 0.507 e. The third kappa shape index (κ3) is 3.24. The van der Waals surface area contributed by atoms with E-state index >= 15 is 0 Å². The van der Waals surface area contributed by atoms with E-state index in [2.05, 4.69) is 0 Å². The van der Waals surface area contributed by atoms with E-state index in [1.54, 1.807) is 24.3 Å². The molecular weight excluding hydrogens is 188 g/mol. The molecule has 0 radical (unpaired) electrons. The minimum atomic E-state index is -0.374. The zero-order valence-corrected chi connectivity index (χ0v) is 9.32. The van der Waals surface area contributed by atoms with Gasteiger partial charge in [0.25, 0.3) is 0 Å². The van der Waals surface area contributed by atoms with Gasteiger partial charge >= 0.3 is 0 Å². The molecule has 0 atom stereocenters. The van der Waals surface area contributed by atoms with Crippen molar-refractivity contribution < 1.29 is 9.90 Å². The summed E-state index contributed by atoms with van der Waals surface area (Å²) in [6, 6.07) is 6.93. The summed E-state index contributed by atoms with van der Waals surface area (Å²) in [5.41, 5.74) is 0.288.